The molecular weight excluding hydrogens is 576 g/mol. The number of benzene rings is 2. The van der Waals surface area contributed by atoms with Gasteiger partial charge in [0, 0.05) is 23.3 Å². The monoisotopic (exact) mass is 592 g/mol. The number of hydrogen-bond acceptors (Lipinski definition) is 5. The minimum Gasteiger partial charge on any atom is -0.273 e. The van der Waals surface area contributed by atoms with Crippen molar-refractivity contribution in [1.82, 2.24) is 14.1 Å². The Labute approximate surface area is 225 Å². The molecule has 0 saturated heterocycles. The third-order valence-electron chi connectivity index (χ3n) is 5.81. The van der Waals surface area contributed by atoms with Gasteiger partial charge in [0.15, 0.2) is 11.5 Å². The third-order valence-corrected chi connectivity index (χ3v) is 8.69. The molecule has 0 radical (unpaired) electrons. The fourth-order valence-electron chi connectivity index (χ4n) is 4.11. The molecule has 4 rings (SSSR count). The molecule has 1 amide bonds. The molecule has 7 nitrogen and oxygen atoms in total. The molecule has 2 aromatic carbocycles. The lowest BCUT2D eigenvalue weighted by molar-refractivity contribution is -0.141. The van der Waals surface area contributed by atoms with Gasteiger partial charge in [0.05, 0.1) is 21.0 Å². The van der Waals surface area contributed by atoms with E-state index in [1.807, 2.05) is 0 Å². The Bertz CT molecular complexity index is 1510. The van der Waals surface area contributed by atoms with Crippen LogP contribution < -0.4 is 0 Å². The van der Waals surface area contributed by atoms with Gasteiger partial charge in [-0.3, -0.25) is 4.79 Å². The number of aromatic nitrogens is 2. The quantitative estimate of drug-likeness (QED) is 0.342. The van der Waals surface area contributed by atoms with E-state index < -0.39 is 39.8 Å². The average molecular weight is 594 g/mol. The molecule has 2 heterocycles. The van der Waals surface area contributed by atoms with Crippen molar-refractivity contribution in [2.75, 3.05) is 6.54 Å². The maximum Gasteiger partial charge on any atom is 0.435 e. The van der Waals surface area contributed by atoms with Gasteiger partial charge in [-0.15, -0.1) is 0 Å². The van der Waals surface area contributed by atoms with Crippen LogP contribution in [0.2, 0.25) is 15.1 Å². The highest BCUT2D eigenvalue weighted by Crippen LogP contribution is 2.42. The molecule has 37 heavy (non-hydrogen) atoms. The standard InChI is InChI=1S/C23H18Cl3F3N4O3S/c1-3-32(37(35,36)15-7-5-14(24)6-8-15)22(34)20-12(2)30-19-11-18(23(27,28)29)31-33(19)21(20)13-4-9-16(25)17(26)10-13/h4-11,20-21H,3H2,1-2H3. The van der Waals surface area contributed by atoms with Crippen LogP contribution in [0.4, 0.5) is 19.0 Å². The maximum atomic E-state index is 13.9. The summed E-state index contributed by atoms with van der Waals surface area (Å²) in [7, 11) is -4.34. The molecule has 0 bridgehead atoms. The number of carbonyl (C=O) groups is 1. The Kier molecular flexibility index (Phi) is 7.37. The van der Waals surface area contributed by atoms with Crippen molar-refractivity contribution in [3.63, 3.8) is 0 Å². The first-order chi connectivity index (χ1) is 17.3. The van der Waals surface area contributed by atoms with E-state index in [1.165, 1.54) is 56.3 Å². The zero-order valence-corrected chi connectivity index (χ0v) is 22.3. The van der Waals surface area contributed by atoms with Crippen molar-refractivity contribution >= 4 is 62.3 Å². The van der Waals surface area contributed by atoms with E-state index in [1.54, 1.807) is 0 Å². The molecule has 0 spiro atoms. The van der Waals surface area contributed by atoms with E-state index in [4.69, 9.17) is 34.8 Å². The first-order valence-corrected chi connectivity index (χ1v) is 13.3. The van der Waals surface area contributed by atoms with Crippen molar-refractivity contribution in [2.24, 2.45) is 10.9 Å². The molecule has 196 valence electrons. The van der Waals surface area contributed by atoms with Gasteiger partial charge in [-0.2, -0.15) is 18.3 Å². The number of hydrogen-bond donors (Lipinski definition) is 0. The van der Waals surface area contributed by atoms with Gasteiger partial charge < -0.3 is 0 Å². The molecule has 1 aromatic heterocycles. The van der Waals surface area contributed by atoms with Crippen LogP contribution in [0.15, 0.2) is 58.4 Å². The van der Waals surface area contributed by atoms with Crippen LogP contribution in [0, 0.1) is 5.92 Å². The second kappa shape index (κ2) is 9.94. The summed E-state index contributed by atoms with van der Waals surface area (Å²) in [6.07, 6.45) is -4.77. The van der Waals surface area contributed by atoms with Crippen LogP contribution in [-0.2, 0) is 21.0 Å². The van der Waals surface area contributed by atoms with E-state index in [2.05, 4.69) is 10.1 Å². The van der Waals surface area contributed by atoms with Crippen molar-refractivity contribution in [2.45, 2.75) is 31.0 Å². The third kappa shape index (κ3) is 5.09. The number of carbonyl (C=O) groups excluding carboxylic acids is 1. The molecule has 0 N–H and O–H groups in total. The summed E-state index contributed by atoms with van der Waals surface area (Å²) in [5.41, 5.74) is -0.815. The number of sulfonamides is 1. The predicted octanol–water partition coefficient (Wildman–Crippen LogP) is 6.41. The Morgan fingerprint density at radius 2 is 1.70 bits per heavy atom. The van der Waals surface area contributed by atoms with Gasteiger partial charge in [-0.05, 0) is 55.8 Å². The van der Waals surface area contributed by atoms with Gasteiger partial charge >= 0.3 is 6.18 Å². The highest BCUT2D eigenvalue weighted by Gasteiger charge is 2.45. The molecule has 0 saturated carbocycles. The van der Waals surface area contributed by atoms with Crippen LogP contribution in [0.1, 0.15) is 31.1 Å². The number of nitrogens with zero attached hydrogens (tertiary/aromatic N) is 4. The topological polar surface area (TPSA) is 84.6 Å². The van der Waals surface area contributed by atoms with Crippen molar-refractivity contribution in [1.29, 1.82) is 0 Å². The van der Waals surface area contributed by atoms with Gasteiger partial charge in [-0.1, -0.05) is 40.9 Å². The number of halogens is 6. The van der Waals surface area contributed by atoms with E-state index >= 15 is 0 Å². The summed E-state index contributed by atoms with van der Waals surface area (Å²) in [6, 6.07) is 9.13. The molecule has 2 atom stereocenters. The Balaban J connectivity index is 1.88. The van der Waals surface area contributed by atoms with Crippen molar-refractivity contribution in [3.05, 3.63) is 74.9 Å². The van der Waals surface area contributed by atoms with Gasteiger partial charge in [0.2, 0.25) is 5.91 Å². The van der Waals surface area contributed by atoms with Crippen LogP contribution in [0.25, 0.3) is 0 Å². The molecule has 14 heteroatoms. The van der Waals surface area contributed by atoms with E-state index in [0.29, 0.717) is 14.9 Å². The van der Waals surface area contributed by atoms with E-state index in [0.717, 1.165) is 10.7 Å². The highest BCUT2D eigenvalue weighted by molar-refractivity contribution is 7.89. The zero-order chi connectivity index (χ0) is 27.3. The SMILES string of the molecule is CCN(C(=O)C1C(C)=Nc2cc(C(F)(F)F)nn2C1c1ccc(Cl)c(Cl)c1)S(=O)(=O)c1ccc(Cl)cc1. The molecule has 1 aliphatic rings. The van der Waals surface area contributed by atoms with Crippen LogP contribution in [-0.4, -0.2) is 40.7 Å². The molecule has 0 aliphatic carbocycles. The summed E-state index contributed by atoms with van der Waals surface area (Å²) in [5.74, 6) is -2.37. The largest absolute Gasteiger partial charge is 0.435 e. The van der Waals surface area contributed by atoms with Gasteiger partial charge in [0.1, 0.15) is 5.92 Å². The summed E-state index contributed by atoms with van der Waals surface area (Å²) in [4.78, 5) is 17.9. The summed E-state index contributed by atoms with van der Waals surface area (Å²) < 4.78 is 68.9. The summed E-state index contributed by atoms with van der Waals surface area (Å²) in [5, 5.41) is 4.27. The van der Waals surface area contributed by atoms with E-state index in [-0.39, 0.29) is 33.0 Å². The molecule has 2 unspecified atom stereocenters. The molecule has 3 aromatic rings. The fraction of sp³-hybridized carbons (Fsp3) is 0.261. The number of amides is 1. The van der Waals surface area contributed by atoms with Gasteiger partial charge in [0.25, 0.3) is 10.0 Å². The van der Waals surface area contributed by atoms with E-state index in [9.17, 15) is 26.4 Å². The van der Waals surface area contributed by atoms with Crippen LogP contribution in [0.5, 0.6) is 0 Å². The number of fused-ring (bicyclic) bond motifs is 1. The fourth-order valence-corrected chi connectivity index (χ4v) is 5.97. The lowest BCUT2D eigenvalue weighted by atomic mass is 9.87. The predicted molar refractivity (Wildman–Crippen MR) is 134 cm³/mol. The first-order valence-electron chi connectivity index (χ1n) is 10.7. The lowest BCUT2D eigenvalue weighted by Crippen LogP contribution is -2.47. The maximum absolute atomic E-state index is 13.9. The molecule has 0 fully saturated rings. The van der Waals surface area contributed by atoms with Crippen molar-refractivity contribution in [3.8, 4) is 0 Å². The smallest absolute Gasteiger partial charge is 0.273 e. The zero-order valence-electron chi connectivity index (χ0n) is 19.2. The Morgan fingerprint density at radius 1 is 1.05 bits per heavy atom. The minimum atomic E-state index is -4.77. The summed E-state index contributed by atoms with van der Waals surface area (Å²) in [6.45, 7) is 2.66. The Hall–Kier alpha value is -2.60. The van der Waals surface area contributed by atoms with Gasteiger partial charge in [-0.25, -0.2) is 22.4 Å². The Morgan fingerprint density at radius 3 is 2.27 bits per heavy atom. The minimum absolute atomic E-state index is 0.0939. The number of rotatable bonds is 5. The van der Waals surface area contributed by atoms with Crippen LogP contribution >= 0.6 is 34.8 Å². The normalized spacial score (nSPS) is 17.8. The number of alkyl halides is 3. The molecular formula is C23H18Cl3F3N4O3S. The second-order valence-electron chi connectivity index (χ2n) is 8.14. The second-order valence-corrected chi connectivity index (χ2v) is 11.3. The summed E-state index contributed by atoms with van der Waals surface area (Å²) >= 11 is 18.1. The average Bonchev–Trinajstić information content (AvgIpc) is 3.24. The lowest BCUT2D eigenvalue weighted by Gasteiger charge is -2.34. The number of aliphatic imine (C=N–C) groups is 1. The van der Waals surface area contributed by atoms with Crippen molar-refractivity contribution < 1.29 is 26.4 Å². The molecule has 1 aliphatic heterocycles. The van der Waals surface area contributed by atoms with Crippen LogP contribution in [0.3, 0.4) is 0 Å². The first kappa shape index (κ1) is 27.4. The highest BCUT2D eigenvalue weighted by atomic mass is 35.5.